The van der Waals surface area contributed by atoms with E-state index in [-0.39, 0.29) is 0 Å². The monoisotopic (exact) mass is 374 g/mol. The summed E-state index contributed by atoms with van der Waals surface area (Å²) in [4.78, 5) is 23.4. The van der Waals surface area contributed by atoms with Gasteiger partial charge < -0.3 is 0 Å². The second kappa shape index (κ2) is 11.0. The second-order valence-electron chi connectivity index (χ2n) is 6.00. The Morgan fingerprint density at radius 1 is 0.679 bits per heavy atom. The summed E-state index contributed by atoms with van der Waals surface area (Å²) >= 11 is 0. The SMILES string of the molecule is CC(=Cc1ccccc1)/C=N/NC(=O)C(=O)N/N=C\C(C)=C\c1ccccc1. The molecule has 0 aromatic heterocycles. The molecule has 2 aromatic rings. The van der Waals surface area contributed by atoms with Gasteiger partial charge in [0.15, 0.2) is 0 Å². The zero-order valence-electron chi connectivity index (χ0n) is 15.8. The molecule has 0 fully saturated rings. The Morgan fingerprint density at radius 2 is 1.04 bits per heavy atom. The smallest absolute Gasteiger partial charge is 0.262 e. The molecule has 0 saturated heterocycles. The van der Waals surface area contributed by atoms with E-state index in [2.05, 4.69) is 21.1 Å². The van der Waals surface area contributed by atoms with Gasteiger partial charge in [-0.25, -0.2) is 10.9 Å². The van der Waals surface area contributed by atoms with Gasteiger partial charge in [0, 0.05) is 0 Å². The van der Waals surface area contributed by atoms with Gasteiger partial charge in [-0.05, 0) is 36.1 Å². The van der Waals surface area contributed by atoms with Crippen LogP contribution in [0, 0.1) is 0 Å². The Balaban J connectivity index is 1.80. The van der Waals surface area contributed by atoms with Crippen molar-refractivity contribution in [1.29, 1.82) is 0 Å². The molecule has 0 unspecified atom stereocenters. The van der Waals surface area contributed by atoms with Gasteiger partial charge >= 0.3 is 11.8 Å². The van der Waals surface area contributed by atoms with E-state index in [0.717, 1.165) is 22.3 Å². The maximum absolute atomic E-state index is 11.7. The van der Waals surface area contributed by atoms with Crippen molar-refractivity contribution < 1.29 is 9.59 Å². The van der Waals surface area contributed by atoms with E-state index in [1.54, 1.807) is 0 Å². The first-order valence-electron chi connectivity index (χ1n) is 8.68. The summed E-state index contributed by atoms with van der Waals surface area (Å²) in [5.74, 6) is -1.80. The predicted molar refractivity (Wildman–Crippen MR) is 113 cm³/mol. The van der Waals surface area contributed by atoms with Crippen LogP contribution in [0.15, 0.2) is 82.0 Å². The van der Waals surface area contributed by atoms with Gasteiger partial charge in [-0.15, -0.1) is 0 Å². The molecule has 0 heterocycles. The molecule has 28 heavy (non-hydrogen) atoms. The lowest BCUT2D eigenvalue weighted by molar-refractivity contribution is -0.139. The summed E-state index contributed by atoms with van der Waals surface area (Å²) in [5, 5.41) is 7.54. The molecular formula is C22H22N4O2. The Labute approximate surface area is 164 Å². The number of nitrogens with one attached hydrogen (secondary N) is 2. The number of amides is 2. The van der Waals surface area contributed by atoms with Crippen LogP contribution in [-0.4, -0.2) is 24.2 Å². The first-order chi connectivity index (χ1) is 13.5. The molecule has 0 spiro atoms. The van der Waals surface area contributed by atoms with E-state index in [1.165, 1.54) is 12.4 Å². The number of rotatable bonds is 6. The fourth-order valence-electron chi connectivity index (χ4n) is 2.19. The summed E-state index contributed by atoms with van der Waals surface area (Å²) in [6.07, 6.45) is 6.74. The molecule has 0 aliphatic rings. The average molecular weight is 374 g/mol. The van der Waals surface area contributed by atoms with Gasteiger partial charge in [-0.1, -0.05) is 72.8 Å². The summed E-state index contributed by atoms with van der Waals surface area (Å²) in [6.45, 7) is 3.68. The lowest BCUT2D eigenvalue weighted by Gasteiger charge is -1.99. The molecule has 0 radical (unpaired) electrons. The van der Waals surface area contributed by atoms with E-state index >= 15 is 0 Å². The normalized spacial score (nSPS) is 12.4. The van der Waals surface area contributed by atoms with Crippen molar-refractivity contribution in [2.75, 3.05) is 0 Å². The lowest BCUT2D eigenvalue weighted by Crippen LogP contribution is -2.35. The standard InChI is InChI=1S/C22H22N4O2/c1-17(13-19-9-5-3-6-10-19)15-23-25-21(27)22(28)26-24-16-18(2)14-20-11-7-4-8-12-20/h3-16H,1-2H3,(H,25,27)(H,26,28)/b17-13+,18-14?,23-15-,24-16+. The maximum Gasteiger partial charge on any atom is 0.331 e. The van der Waals surface area contributed by atoms with E-state index in [1.807, 2.05) is 86.7 Å². The molecule has 2 N–H and O–H groups in total. The van der Waals surface area contributed by atoms with Crippen molar-refractivity contribution in [3.63, 3.8) is 0 Å². The van der Waals surface area contributed by atoms with Crippen LogP contribution >= 0.6 is 0 Å². The summed E-state index contributed by atoms with van der Waals surface area (Å²) in [6, 6.07) is 19.4. The largest absolute Gasteiger partial charge is 0.331 e. The van der Waals surface area contributed by atoms with Crippen molar-refractivity contribution in [1.82, 2.24) is 10.9 Å². The number of carbonyl (C=O) groups excluding carboxylic acids is 2. The summed E-state index contributed by atoms with van der Waals surface area (Å²) < 4.78 is 0. The molecule has 6 nitrogen and oxygen atoms in total. The van der Waals surface area contributed by atoms with Crippen molar-refractivity contribution in [3.8, 4) is 0 Å². The van der Waals surface area contributed by atoms with Crippen LogP contribution < -0.4 is 10.9 Å². The van der Waals surface area contributed by atoms with Gasteiger partial charge in [0.1, 0.15) is 0 Å². The molecule has 0 saturated carbocycles. The van der Waals surface area contributed by atoms with Gasteiger partial charge in [0.25, 0.3) is 0 Å². The highest BCUT2D eigenvalue weighted by Crippen LogP contribution is 2.05. The van der Waals surface area contributed by atoms with Gasteiger partial charge in [0.05, 0.1) is 12.4 Å². The Morgan fingerprint density at radius 3 is 1.39 bits per heavy atom. The fourth-order valence-corrected chi connectivity index (χ4v) is 2.19. The zero-order chi connectivity index (χ0) is 20.2. The first kappa shape index (κ1) is 20.5. The van der Waals surface area contributed by atoms with Crippen molar-refractivity contribution in [2.45, 2.75) is 13.8 Å². The lowest BCUT2D eigenvalue weighted by atomic mass is 10.1. The fraction of sp³-hybridized carbons (Fsp3) is 0.0909. The maximum atomic E-state index is 11.7. The molecule has 2 rings (SSSR count). The third-order valence-corrected chi connectivity index (χ3v) is 3.46. The average Bonchev–Trinajstić information content (AvgIpc) is 2.69. The van der Waals surface area contributed by atoms with Crippen molar-refractivity contribution in [2.24, 2.45) is 10.2 Å². The van der Waals surface area contributed by atoms with Crippen LogP contribution in [0.4, 0.5) is 0 Å². The highest BCUT2D eigenvalue weighted by molar-refractivity contribution is 6.35. The second-order valence-corrected chi connectivity index (χ2v) is 6.00. The molecule has 0 aliphatic heterocycles. The molecule has 0 aliphatic carbocycles. The van der Waals surface area contributed by atoms with Gasteiger partial charge in [-0.3, -0.25) is 9.59 Å². The molecule has 2 amide bonds. The molecular weight excluding hydrogens is 352 g/mol. The van der Waals surface area contributed by atoms with E-state index in [9.17, 15) is 9.59 Å². The number of allylic oxidation sites excluding steroid dienone is 2. The Kier molecular flexibility index (Phi) is 8.08. The van der Waals surface area contributed by atoms with Crippen LogP contribution in [0.2, 0.25) is 0 Å². The third kappa shape index (κ3) is 7.61. The molecule has 2 aromatic carbocycles. The predicted octanol–water partition coefficient (Wildman–Crippen LogP) is 3.40. The van der Waals surface area contributed by atoms with Crippen LogP contribution in [-0.2, 0) is 9.59 Å². The minimum absolute atomic E-state index is 0.826. The summed E-state index contributed by atoms with van der Waals surface area (Å²) in [7, 11) is 0. The van der Waals surface area contributed by atoms with Crippen molar-refractivity contribution >= 4 is 36.4 Å². The van der Waals surface area contributed by atoms with Gasteiger partial charge in [-0.2, -0.15) is 10.2 Å². The Bertz CT molecular complexity index is 837. The molecule has 142 valence electrons. The van der Waals surface area contributed by atoms with Crippen LogP contribution in [0.1, 0.15) is 25.0 Å². The molecule has 0 bridgehead atoms. The van der Waals surface area contributed by atoms with Crippen LogP contribution in [0.25, 0.3) is 12.2 Å². The quantitative estimate of drug-likeness (QED) is 0.461. The minimum Gasteiger partial charge on any atom is -0.262 e. The highest BCUT2D eigenvalue weighted by Gasteiger charge is 2.10. The zero-order valence-corrected chi connectivity index (χ0v) is 15.8. The number of hydrogen-bond acceptors (Lipinski definition) is 4. The highest BCUT2D eigenvalue weighted by atomic mass is 16.2. The third-order valence-electron chi connectivity index (χ3n) is 3.46. The number of nitrogens with zero attached hydrogens (tertiary/aromatic N) is 2. The Hall–Kier alpha value is -3.80. The van der Waals surface area contributed by atoms with Crippen LogP contribution in [0.3, 0.4) is 0 Å². The number of hydrogen-bond donors (Lipinski definition) is 2. The van der Waals surface area contributed by atoms with E-state index in [4.69, 9.17) is 0 Å². The number of benzene rings is 2. The molecule has 6 heteroatoms. The van der Waals surface area contributed by atoms with Crippen molar-refractivity contribution in [3.05, 3.63) is 82.9 Å². The summed E-state index contributed by atoms with van der Waals surface area (Å²) in [5.41, 5.74) is 8.02. The topological polar surface area (TPSA) is 82.9 Å². The molecule has 0 atom stereocenters. The van der Waals surface area contributed by atoms with E-state index < -0.39 is 11.8 Å². The first-order valence-corrected chi connectivity index (χ1v) is 8.68. The number of hydrazone groups is 2. The van der Waals surface area contributed by atoms with Gasteiger partial charge in [0.2, 0.25) is 0 Å². The van der Waals surface area contributed by atoms with Crippen LogP contribution in [0.5, 0.6) is 0 Å². The number of carbonyl (C=O) groups is 2. The van der Waals surface area contributed by atoms with E-state index in [0.29, 0.717) is 0 Å². The minimum atomic E-state index is -0.898.